The minimum Gasteiger partial charge on any atom is -0.372 e. The summed E-state index contributed by atoms with van der Waals surface area (Å²) in [5, 5.41) is 8.11. The van der Waals surface area contributed by atoms with Crippen molar-refractivity contribution in [3.63, 3.8) is 0 Å². The highest BCUT2D eigenvalue weighted by Gasteiger charge is 2.56. The Morgan fingerprint density at radius 2 is 2.24 bits per heavy atom. The van der Waals surface area contributed by atoms with Crippen LogP contribution in [0.1, 0.15) is 38.4 Å². The van der Waals surface area contributed by atoms with Crippen LogP contribution < -0.4 is 5.32 Å². The van der Waals surface area contributed by atoms with Gasteiger partial charge >= 0.3 is 0 Å². The lowest BCUT2D eigenvalue weighted by molar-refractivity contribution is -0.196. The van der Waals surface area contributed by atoms with E-state index in [-0.39, 0.29) is 11.6 Å². The fourth-order valence-electron chi connectivity index (χ4n) is 3.56. The van der Waals surface area contributed by atoms with Crippen molar-refractivity contribution in [2.24, 2.45) is 12.5 Å². The second kappa shape index (κ2) is 3.56. The predicted molar refractivity (Wildman–Crippen MR) is 65.6 cm³/mol. The Labute approximate surface area is 102 Å². The maximum atomic E-state index is 6.10. The Kier molecular flexibility index (Phi) is 2.35. The van der Waals surface area contributed by atoms with Crippen molar-refractivity contribution in [1.82, 2.24) is 15.1 Å². The number of nitrogens with one attached hydrogen (secondary N) is 1. The molecule has 1 aliphatic heterocycles. The molecule has 1 atom stereocenters. The lowest BCUT2D eigenvalue weighted by atomic mass is 9.57. The highest BCUT2D eigenvalue weighted by molar-refractivity contribution is 5.19. The van der Waals surface area contributed by atoms with E-state index in [4.69, 9.17) is 4.74 Å². The third-order valence-corrected chi connectivity index (χ3v) is 3.95. The van der Waals surface area contributed by atoms with E-state index in [1.165, 1.54) is 0 Å². The van der Waals surface area contributed by atoms with Crippen LogP contribution in [0.15, 0.2) is 12.3 Å². The molecule has 17 heavy (non-hydrogen) atoms. The molecule has 94 valence electrons. The number of rotatable bonds is 1. The molecule has 1 saturated carbocycles. The van der Waals surface area contributed by atoms with Gasteiger partial charge in [-0.1, -0.05) is 13.8 Å². The molecule has 0 aromatic carbocycles. The summed E-state index contributed by atoms with van der Waals surface area (Å²) in [6.07, 6.45) is 4.24. The molecule has 1 unspecified atom stereocenters. The van der Waals surface area contributed by atoms with Crippen LogP contribution in [0, 0.1) is 5.41 Å². The summed E-state index contributed by atoms with van der Waals surface area (Å²) in [4.78, 5) is 0. The molecule has 1 aromatic rings. The third kappa shape index (κ3) is 1.79. The molecule has 0 amide bonds. The lowest BCUT2D eigenvalue weighted by Crippen LogP contribution is -2.61. The summed E-state index contributed by atoms with van der Waals surface area (Å²) in [7, 11) is 1.96. The molecular formula is C13H21N3O. The number of nitrogens with zero attached hydrogens (tertiary/aromatic N) is 2. The van der Waals surface area contributed by atoms with Crippen molar-refractivity contribution in [1.29, 1.82) is 0 Å². The number of hydrogen-bond donors (Lipinski definition) is 1. The van der Waals surface area contributed by atoms with Gasteiger partial charge in [-0.15, -0.1) is 0 Å². The van der Waals surface area contributed by atoms with Gasteiger partial charge in [-0.2, -0.15) is 5.10 Å². The van der Waals surface area contributed by atoms with Gasteiger partial charge in [0.05, 0.1) is 23.9 Å². The third-order valence-electron chi connectivity index (χ3n) is 3.95. The quantitative estimate of drug-likeness (QED) is 0.804. The highest BCUT2D eigenvalue weighted by Crippen LogP contribution is 2.56. The largest absolute Gasteiger partial charge is 0.372 e. The van der Waals surface area contributed by atoms with Gasteiger partial charge in [0.2, 0.25) is 0 Å². The SMILES string of the molecule is Cn1ccc(C2NCCOC23CC(C)(C)C3)n1. The van der Waals surface area contributed by atoms with Crippen LogP contribution in [0.5, 0.6) is 0 Å². The number of hydrogen-bond acceptors (Lipinski definition) is 3. The van der Waals surface area contributed by atoms with Crippen LogP contribution in [0.2, 0.25) is 0 Å². The number of aryl methyl sites for hydroxylation is 1. The summed E-state index contributed by atoms with van der Waals surface area (Å²) in [6, 6.07) is 2.35. The van der Waals surface area contributed by atoms with Crippen LogP contribution in [0.3, 0.4) is 0 Å². The van der Waals surface area contributed by atoms with Crippen molar-refractivity contribution in [3.8, 4) is 0 Å². The molecule has 1 N–H and O–H groups in total. The van der Waals surface area contributed by atoms with E-state index in [0.717, 1.165) is 31.7 Å². The maximum Gasteiger partial charge on any atom is 0.0903 e. The molecule has 1 saturated heterocycles. The average Bonchev–Trinajstić information content (AvgIpc) is 2.62. The fourth-order valence-corrected chi connectivity index (χ4v) is 3.56. The van der Waals surface area contributed by atoms with E-state index >= 15 is 0 Å². The molecular weight excluding hydrogens is 214 g/mol. The molecule has 1 spiro atoms. The second-order valence-electron chi connectivity index (χ2n) is 6.23. The summed E-state index contributed by atoms with van der Waals surface area (Å²) < 4.78 is 7.97. The van der Waals surface area contributed by atoms with E-state index in [2.05, 4.69) is 30.3 Å². The molecule has 4 nitrogen and oxygen atoms in total. The smallest absolute Gasteiger partial charge is 0.0903 e. The van der Waals surface area contributed by atoms with Gasteiger partial charge in [-0.3, -0.25) is 4.68 Å². The Morgan fingerprint density at radius 3 is 2.82 bits per heavy atom. The van der Waals surface area contributed by atoms with Gasteiger partial charge in [0, 0.05) is 19.8 Å². The van der Waals surface area contributed by atoms with Crippen LogP contribution in [-0.4, -0.2) is 28.5 Å². The van der Waals surface area contributed by atoms with Gasteiger partial charge in [-0.05, 0) is 24.3 Å². The average molecular weight is 235 g/mol. The van der Waals surface area contributed by atoms with E-state index in [1.807, 2.05) is 17.9 Å². The van der Waals surface area contributed by atoms with Crippen molar-refractivity contribution in [2.75, 3.05) is 13.2 Å². The van der Waals surface area contributed by atoms with Gasteiger partial charge in [-0.25, -0.2) is 0 Å². The van der Waals surface area contributed by atoms with Crippen LogP contribution in [-0.2, 0) is 11.8 Å². The zero-order valence-electron chi connectivity index (χ0n) is 10.9. The molecule has 2 heterocycles. The van der Waals surface area contributed by atoms with E-state index in [9.17, 15) is 0 Å². The Bertz CT molecular complexity index is 416. The molecule has 2 fully saturated rings. The summed E-state index contributed by atoms with van der Waals surface area (Å²) >= 11 is 0. The first-order valence-corrected chi connectivity index (χ1v) is 6.38. The zero-order chi connectivity index (χ0) is 12.1. The monoisotopic (exact) mass is 235 g/mol. The first-order chi connectivity index (χ1) is 8.01. The number of morpholine rings is 1. The Hall–Kier alpha value is -0.870. The molecule has 1 aliphatic carbocycles. The second-order valence-corrected chi connectivity index (χ2v) is 6.23. The molecule has 0 bridgehead atoms. The maximum absolute atomic E-state index is 6.10. The minimum atomic E-state index is -0.0178. The van der Waals surface area contributed by atoms with Crippen LogP contribution in [0.25, 0.3) is 0 Å². The van der Waals surface area contributed by atoms with Gasteiger partial charge in [0.15, 0.2) is 0 Å². The number of aromatic nitrogens is 2. The van der Waals surface area contributed by atoms with Crippen molar-refractivity contribution < 1.29 is 4.74 Å². The first kappa shape index (κ1) is 11.2. The Morgan fingerprint density at radius 1 is 1.47 bits per heavy atom. The summed E-state index contributed by atoms with van der Waals surface area (Å²) in [5.41, 5.74) is 1.50. The Balaban J connectivity index is 1.87. The molecule has 0 radical (unpaired) electrons. The summed E-state index contributed by atoms with van der Waals surface area (Å²) in [5.74, 6) is 0. The van der Waals surface area contributed by atoms with Gasteiger partial charge < -0.3 is 10.1 Å². The topological polar surface area (TPSA) is 39.1 Å². The zero-order valence-corrected chi connectivity index (χ0v) is 10.9. The molecule has 2 aliphatic rings. The van der Waals surface area contributed by atoms with E-state index in [1.54, 1.807) is 0 Å². The fraction of sp³-hybridized carbons (Fsp3) is 0.769. The standard InChI is InChI=1S/C13H21N3O/c1-12(2)8-13(9-12)11(14-5-7-17-13)10-4-6-16(3)15-10/h4,6,11,14H,5,7-9H2,1-3H3. The lowest BCUT2D eigenvalue weighted by Gasteiger charge is -2.58. The molecule has 3 rings (SSSR count). The van der Waals surface area contributed by atoms with Crippen molar-refractivity contribution in [2.45, 2.75) is 38.3 Å². The minimum absolute atomic E-state index is 0.0178. The number of ether oxygens (including phenoxy) is 1. The summed E-state index contributed by atoms with van der Waals surface area (Å²) in [6.45, 7) is 6.36. The van der Waals surface area contributed by atoms with E-state index in [0.29, 0.717) is 5.41 Å². The van der Waals surface area contributed by atoms with Gasteiger partial charge in [0.1, 0.15) is 0 Å². The van der Waals surface area contributed by atoms with E-state index < -0.39 is 0 Å². The van der Waals surface area contributed by atoms with Crippen LogP contribution in [0.4, 0.5) is 0 Å². The van der Waals surface area contributed by atoms with Gasteiger partial charge in [0.25, 0.3) is 0 Å². The predicted octanol–water partition coefficient (Wildman–Crippen LogP) is 1.64. The van der Waals surface area contributed by atoms with Crippen molar-refractivity contribution in [3.05, 3.63) is 18.0 Å². The van der Waals surface area contributed by atoms with Crippen LogP contribution >= 0.6 is 0 Å². The highest BCUT2D eigenvalue weighted by atomic mass is 16.5. The van der Waals surface area contributed by atoms with Crippen molar-refractivity contribution >= 4 is 0 Å². The first-order valence-electron chi connectivity index (χ1n) is 6.38. The normalized spacial score (nSPS) is 30.2. The molecule has 1 aromatic heterocycles. The molecule has 4 heteroatoms.